The van der Waals surface area contributed by atoms with Crippen molar-refractivity contribution in [3.05, 3.63) is 46.6 Å². The van der Waals surface area contributed by atoms with Gasteiger partial charge in [0.05, 0.1) is 15.9 Å². The zero-order valence-corrected chi connectivity index (χ0v) is 14.0. The zero-order valence-electron chi connectivity index (χ0n) is 12.4. The number of carbonyl (C=O) groups excluding carboxylic acids is 2. The molecule has 2 aromatic rings. The van der Waals surface area contributed by atoms with Crippen LogP contribution >= 0.6 is 23.1 Å². The molecule has 0 bridgehead atoms. The molecule has 4 nitrogen and oxygen atoms in total. The highest BCUT2D eigenvalue weighted by Crippen LogP contribution is 2.36. The molecular weight excluding hydrogens is 335 g/mol. The van der Waals surface area contributed by atoms with E-state index in [4.69, 9.17) is 0 Å². The number of amides is 2. The summed E-state index contributed by atoms with van der Waals surface area (Å²) in [5.74, 6) is 0.200. The highest BCUT2D eigenvalue weighted by molar-refractivity contribution is 7.99. The first-order chi connectivity index (χ1) is 11.0. The number of thiophene rings is 1. The number of fused-ring (bicyclic) bond motifs is 1. The minimum atomic E-state index is -0.297. The van der Waals surface area contributed by atoms with Gasteiger partial charge in [-0.05, 0) is 42.3 Å². The van der Waals surface area contributed by atoms with Crippen LogP contribution in [0.1, 0.15) is 34.6 Å². The molecule has 2 amide bonds. The SMILES string of the molecule is CC(=O)Nc1ccc(C(=O)NC2CCSc3ccc(F)cc32)s1. The molecule has 1 aromatic carbocycles. The van der Waals surface area contributed by atoms with Gasteiger partial charge in [0, 0.05) is 17.6 Å². The molecule has 2 heterocycles. The van der Waals surface area contributed by atoms with Crippen LogP contribution in [0.3, 0.4) is 0 Å². The molecule has 0 saturated carbocycles. The largest absolute Gasteiger partial charge is 0.344 e. The van der Waals surface area contributed by atoms with E-state index in [1.807, 2.05) is 0 Å². The fourth-order valence-corrected chi connectivity index (χ4v) is 4.41. The summed E-state index contributed by atoms with van der Waals surface area (Å²) >= 11 is 2.89. The second-order valence-corrected chi connectivity index (χ2v) is 7.41. The second kappa shape index (κ2) is 6.72. The minimum Gasteiger partial charge on any atom is -0.344 e. The quantitative estimate of drug-likeness (QED) is 0.885. The molecule has 120 valence electrons. The van der Waals surface area contributed by atoms with E-state index in [2.05, 4.69) is 10.6 Å². The summed E-state index contributed by atoms with van der Waals surface area (Å²) in [5, 5.41) is 6.25. The Bertz CT molecular complexity index is 760. The highest BCUT2D eigenvalue weighted by Gasteiger charge is 2.24. The third-order valence-corrected chi connectivity index (χ3v) is 5.57. The molecule has 1 aliphatic rings. The van der Waals surface area contributed by atoms with Crippen LogP contribution in [0.25, 0.3) is 0 Å². The van der Waals surface area contributed by atoms with Crippen LogP contribution in [0.2, 0.25) is 0 Å². The molecule has 23 heavy (non-hydrogen) atoms. The smallest absolute Gasteiger partial charge is 0.261 e. The Morgan fingerprint density at radius 3 is 2.87 bits per heavy atom. The molecule has 0 aliphatic carbocycles. The maximum atomic E-state index is 13.5. The standard InChI is InChI=1S/C16H15FN2O2S2/c1-9(20)18-15-5-4-14(23-15)16(21)19-12-6-7-22-13-3-2-10(17)8-11(12)13/h2-5,8,12H,6-7H2,1H3,(H,18,20)(H,19,21). The van der Waals surface area contributed by atoms with Gasteiger partial charge < -0.3 is 10.6 Å². The first-order valence-electron chi connectivity index (χ1n) is 7.13. The van der Waals surface area contributed by atoms with Gasteiger partial charge in [0.2, 0.25) is 5.91 Å². The van der Waals surface area contributed by atoms with Crippen LogP contribution in [0, 0.1) is 5.82 Å². The van der Waals surface area contributed by atoms with Crippen molar-refractivity contribution in [3.8, 4) is 0 Å². The maximum Gasteiger partial charge on any atom is 0.261 e. The van der Waals surface area contributed by atoms with Crippen molar-refractivity contribution in [3.63, 3.8) is 0 Å². The van der Waals surface area contributed by atoms with Crippen molar-refractivity contribution in [2.75, 3.05) is 11.1 Å². The Hall–Kier alpha value is -1.86. The van der Waals surface area contributed by atoms with Gasteiger partial charge in [-0.3, -0.25) is 9.59 Å². The first-order valence-corrected chi connectivity index (χ1v) is 8.93. The van der Waals surface area contributed by atoms with E-state index in [0.717, 1.165) is 22.6 Å². The second-order valence-electron chi connectivity index (χ2n) is 5.19. The van der Waals surface area contributed by atoms with Gasteiger partial charge in [0.25, 0.3) is 5.91 Å². The van der Waals surface area contributed by atoms with Gasteiger partial charge in [-0.25, -0.2) is 4.39 Å². The molecule has 1 aromatic heterocycles. The Morgan fingerprint density at radius 1 is 1.26 bits per heavy atom. The molecule has 1 aliphatic heterocycles. The number of halogens is 1. The summed E-state index contributed by atoms with van der Waals surface area (Å²) in [6, 6.07) is 7.87. The number of rotatable bonds is 3. The van der Waals surface area contributed by atoms with Crippen LogP contribution < -0.4 is 10.6 Å². The summed E-state index contributed by atoms with van der Waals surface area (Å²) in [5.41, 5.74) is 0.827. The minimum absolute atomic E-state index is 0.174. The van der Waals surface area contributed by atoms with Gasteiger partial charge in [-0.15, -0.1) is 23.1 Å². The molecular formula is C16H15FN2O2S2. The Morgan fingerprint density at radius 2 is 2.09 bits per heavy atom. The number of carbonyl (C=O) groups is 2. The molecule has 1 unspecified atom stereocenters. The lowest BCUT2D eigenvalue weighted by atomic mass is 10.0. The van der Waals surface area contributed by atoms with E-state index < -0.39 is 0 Å². The van der Waals surface area contributed by atoms with Crippen LogP contribution in [-0.4, -0.2) is 17.6 Å². The number of nitrogens with one attached hydrogen (secondary N) is 2. The van der Waals surface area contributed by atoms with Crippen molar-refractivity contribution in [1.29, 1.82) is 0 Å². The molecule has 1 atom stereocenters. The highest BCUT2D eigenvalue weighted by atomic mass is 32.2. The molecule has 0 radical (unpaired) electrons. The van der Waals surface area contributed by atoms with E-state index in [1.54, 1.807) is 30.0 Å². The van der Waals surface area contributed by atoms with Crippen LogP contribution in [0.5, 0.6) is 0 Å². The van der Waals surface area contributed by atoms with Crippen LogP contribution in [0.4, 0.5) is 9.39 Å². The molecule has 0 spiro atoms. The summed E-state index contributed by atoms with van der Waals surface area (Å²) in [7, 11) is 0. The van der Waals surface area contributed by atoms with Crippen molar-refractivity contribution < 1.29 is 14.0 Å². The number of hydrogen-bond acceptors (Lipinski definition) is 4. The molecule has 0 fully saturated rings. The lowest BCUT2D eigenvalue weighted by molar-refractivity contribution is -0.114. The van der Waals surface area contributed by atoms with E-state index in [0.29, 0.717) is 9.88 Å². The normalized spacial score (nSPS) is 16.5. The van der Waals surface area contributed by atoms with Gasteiger partial charge in [0.1, 0.15) is 5.82 Å². The summed E-state index contributed by atoms with van der Waals surface area (Å²) in [4.78, 5) is 25.0. The van der Waals surface area contributed by atoms with Crippen molar-refractivity contribution in [2.24, 2.45) is 0 Å². The van der Waals surface area contributed by atoms with E-state index in [1.165, 1.54) is 30.4 Å². The first kappa shape index (κ1) is 16.0. The molecule has 7 heteroatoms. The third-order valence-electron chi connectivity index (χ3n) is 3.45. The van der Waals surface area contributed by atoms with Crippen molar-refractivity contribution in [2.45, 2.75) is 24.3 Å². The zero-order chi connectivity index (χ0) is 16.4. The topological polar surface area (TPSA) is 58.2 Å². The average Bonchev–Trinajstić information content (AvgIpc) is 2.95. The number of thioether (sulfide) groups is 1. The Kier molecular flexibility index (Phi) is 4.68. The van der Waals surface area contributed by atoms with E-state index in [9.17, 15) is 14.0 Å². The maximum absolute atomic E-state index is 13.5. The third kappa shape index (κ3) is 3.73. The van der Waals surface area contributed by atoms with Crippen LogP contribution in [0.15, 0.2) is 35.2 Å². The van der Waals surface area contributed by atoms with Gasteiger partial charge in [-0.1, -0.05) is 0 Å². The number of benzene rings is 1. The number of anilines is 1. The van der Waals surface area contributed by atoms with Crippen molar-refractivity contribution in [1.82, 2.24) is 5.32 Å². The van der Waals surface area contributed by atoms with Gasteiger partial charge in [-0.2, -0.15) is 0 Å². The monoisotopic (exact) mass is 350 g/mol. The van der Waals surface area contributed by atoms with Crippen LogP contribution in [-0.2, 0) is 4.79 Å². The molecule has 0 saturated heterocycles. The van der Waals surface area contributed by atoms with Crippen molar-refractivity contribution >= 4 is 39.9 Å². The number of hydrogen-bond donors (Lipinski definition) is 2. The lowest BCUT2D eigenvalue weighted by Gasteiger charge is -2.25. The Labute approximate surface area is 141 Å². The average molecular weight is 350 g/mol. The predicted molar refractivity (Wildman–Crippen MR) is 90.6 cm³/mol. The molecule has 3 rings (SSSR count). The lowest BCUT2D eigenvalue weighted by Crippen LogP contribution is -2.30. The van der Waals surface area contributed by atoms with E-state index >= 15 is 0 Å². The summed E-state index contributed by atoms with van der Waals surface area (Å²) in [6.07, 6.45) is 0.761. The summed E-state index contributed by atoms with van der Waals surface area (Å²) in [6.45, 7) is 1.42. The Balaban J connectivity index is 1.75. The fourth-order valence-electron chi connectivity index (χ4n) is 2.45. The molecule has 2 N–H and O–H groups in total. The summed E-state index contributed by atoms with van der Waals surface area (Å²) < 4.78 is 13.5. The van der Waals surface area contributed by atoms with Gasteiger partial charge >= 0.3 is 0 Å². The fraction of sp³-hybridized carbons (Fsp3) is 0.250. The van der Waals surface area contributed by atoms with Gasteiger partial charge in [0.15, 0.2) is 0 Å². The van der Waals surface area contributed by atoms with E-state index in [-0.39, 0.29) is 23.7 Å². The predicted octanol–water partition coefficient (Wildman–Crippen LogP) is 3.81.